The van der Waals surface area contributed by atoms with Gasteiger partial charge in [0.15, 0.2) is 0 Å². The molecule has 0 unspecified atom stereocenters. The Morgan fingerprint density at radius 2 is 0.750 bits per heavy atom. The van der Waals surface area contributed by atoms with Gasteiger partial charge in [-0.2, -0.15) is 0 Å². The number of hydrogen-bond acceptors (Lipinski definition) is 4. The Morgan fingerprint density at radius 3 is 0.938 bits per heavy atom. The van der Waals surface area contributed by atoms with Crippen LogP contribution in [0.1, 0.15) is 0 Å². The minimum absolute atomic E-state index is 0. The number of nitrogens with two attached hydrogens (primary N) is 4. The first-order chi connectivity index (χ1) is 4.63. The second-order valence-electron chi connectivity index (χ2n) is 2.07. The molecule has 0 radical (unpaired) electrons. The maximum atomic E-state index is 5.45. The van der Waals surface area contributed by atoms with Gasteiger partial charge in [0.05, 0.1) is 22.7 Å². The fourth-order valence-corrected chi connectivity index (χ4v) is 0.670. The molecule has 1 rings (SSSR count). The predicted octanol–water partition coefficient (Wildman–Crippen LogP) is 0.0532. The first-order valence-corrected chi connectivity index (χ1v) is 2.82. The minimum Gasteiger partial charge on any atom is -0.412 e. The Kier molecular flexibility index (Phi) is 32.7. The van der Waals surface area contributed by atoms with Crippen molar-refractivity contribution < 1.29 is 11.0 Å². The molecule has 16 heavy (non-hydrogen) atoms. The number of anilines is 4. The SMILES string of the molecule is Cl.Cl.Cl.Cl.Nc1ccc(N)c(N)c1N.O.O. The van der Waals surface area contributed by atoms with Crippen LogP contribution in [0.2, 0.25) is 0 Å². The van der Waals surface area contributed by atoms with E-state index in [1.54, 1.807) is 12.1 Å². The summed E-state index contributed by atoms with van der Waals surface area (Å²) in [6.07, 6.45) is 0. The van der Waals surface area contributed by atoms with Crippen LogP contribution in [0, 0.1) is 0 Å². The summed E-state index contributed by atoms with van der Waals surface area (Å²) >= 11 is 0. The standard InChI is InChI=1S/C6H10N4.4ClH.2H2O/c7-3-1-2-4(8)6(10)5(3)9;;;;;;/h1-2H,7-10H2;4*1H;2*1H2. The van der Waals surface area contributed by atoms with Crippen LogP contribution in [0.3, 0.4) is 0 Å². The Balaban J connectivity index is -0.0000000417. The lowest BCUT2D eigenvalue weighted by molar-refractivity contribution is 0.823. The van der Waals surface area contributed by atoms with Gasteiger partial charge in [-0.15, -0.1) is 49.6 Å². The molecule has 0 aliphatic carbocycles. The smallest absolute Gasteiger partial charge is 0.0802 e. The average molecular weight is 320 g/mol. The molecule has 0 heterocycles. The molecule has 0 aliphatic heterocycles. The van der Waals surface area contributed by atoms with Gasteiger partial charge in [-0.05, 0) is 12.1 Å². The number of benzene rings is 1. The summed E-state index contributed by atoms with van der Waals surface area (Å²) in [5.74, 6) is 0. The normalized spacial score (nSPS) is 6.00. The molecule has 6 nitrogen and oxygen atoms in total. The van der Waals surface area contributed by atoms with Gasteiger partial charge in [0.2, 0.25) is 0 Å². The molecule has 0 spiro atoms. The summed E-state index contributed by atoms with van der Waals surface area (Å²) in [6, 6.07) is 3.25. The van der Waals surface area contributed by atoms with Gasteiger partial charge in [0, 0.05) is 0 Å². The van der Waals surface area contributed by atoms with Crippen LogP contribution >= 0.6 is 49.6 Å². The summed E-state index contributed by atoms with van der Waals surface area (Å²) in [5, 5.41) is 0. The summed E-state index contributed by atoms with van der Waals surface area (Å²) in [4.78, 5) is 0. The highest BCUT2D eigenvalue weighted by molar-refractivity contribution is 5.86. The molecule has 102 valence electrons. The Bertz CT molecular complexity index is 250. The van der Waals surface area contributed by atoms with Gasteiger partial charge in [-0.3, -0.25) is 0 Å². The monoisotopic (exact) mass is 318 g/mol. The zero-order valence-electron chi connectivity index (χ0n) is 8.10. The van der Waals surface area contributed by atoms with Gasteiger partial charge in [0.1, 0.15) is 0 Å². The summed E-state index contributed by atoms with van der Waals surface area (Å²) in [6.45, 7) is 0. The zero-order chi connectivity index (χ0) is 7.72. The molecule has 0 bridgehead atoms. The predicted molar refractivity (Wildman–Crippen MR) is 80.3 cm³/mol. The van der Waals surface area contributed by atoms with E-state index in [-0.39, 0.29) is 60.6 Å². The van der Waals surface area contributed by atoms with Crippen LogP contribution in [-0.4, -0.2) is 11.0 Å². The minimum atomic E-state index is 0. The molecule has 0 aromatic heterocycles. The Hall–Kier alpha value is -0.500. The van der Waals surface area contributed by atoms with Crippen LogP contribution < -0.4 is 22.9 Å². The molecule has 1 aromatic rings. The van der Waals surface area contributed by atoms with Crippen molar-refractivity contribution in [3.8, 4) is 0 Å². The largest absolute Gasteiger partial charge is 0.412 e. The van der Waals surface area contributed by atoms with Gasteiger partial charge < -0.3 is 33.9 Å². The van der Waals surface area contributed by atoms with E-state index < -0.39 is 0 Å². The lowest BCUT2D eigenvalue weighted by Gasteiger charge is -2.05. The molecule has 0 saturated carbocycles. The molecule has 12 N–H and O–H groups in total. The summed E-state index contributed by atoms with van der Waals surface area (Å²) in [7, 11) is 0. The van der Waals surface area contributed by atoms with Crippen LogP contribution in [0.25, 0.3) is 0 Å². The second kappa shape index (κ2) is 14.5. The maximum Gasteiger partial charge on any atom is 0.0802 e. The number of nitrogen functional groups attached to an aromatic ring is 4. The molecule has 0 fully saturated rings. The topological polar surface area (TPSA) is 167 Å². The lowest BCUT2D eigenvalue weighted by Crippen LogP contribution is -2.02. The van der Waals surface area contributed by atoms with Crippen molar-refractivity contribution in [2.24, 2.45) is 0 Å². The van der Waals surface area contributed by atoms with Crippen molar-refractivity contribution >= 4 is 72.4 Å². The van der Waals surface area contributed by atoms with E-state index in [9.17, 15) is 0 Å². The van der Waals surface area contributed by atoms with Crippen molar-refractivity contribution in [3.05, 3.63) is 12.1 Å². The molecule has 1 aromatic carbocycles. The van der Waals surface area contributed by atoms with E-state index in [4.69, 9.17) is 22.9 Å². The maximum absolute atomic E-state index is 5.45. The summed E-state index contributed by atoms with van der Waals surface area (Å²) in [5.41, 5.74) is 23.4. The third-order valence-corrected chi connectivity index (χ3v) is 1.35. The molecule has 0 amide bonds. The first kappa shape index (κ1) is 36.1. The average Bonchev–Trinajstić information content (AvgIpc) is 1.93. The van der Waals surface area contributed by atoms with E-state index >= 15 is 0 Å². The Morgan fingerprint density at radius 1 is 0.562 bits per heavy atom. The zero-order valence-corrected chi connectivity index (χ0v) is 11.4. The fraction of sp³-hybridized carbons (Fsp3) is 0. The molecule has 0 atom stereocenters. The number of hydrogen-bond donors (Lipinski definition) is 4. The molecular weight excluding hydrogens is 302 g/mol. The third-order valence-electron chi connectivity index (χ3n) is 1.35. The number of rotatable bonds is 0. The fourth-order valence-electron chi connectivity index (χ4n) is 0.670. The molecular formula is C6H18Cl4N4O2. The third kappa shape index (κ3) is 7.75. The van der Waals surface area contributed by atoms with Crippen LogP contribution in [0.5, 0.6) is 0 Å². The van der Waals surface area contributed by atoms with Crippen LogP contribution in [0.4, 0.5) is 22.7 Å². The Labute approximate surface area is 118 Å². The quantitative estimate of drug-likeness (QED) is 0.496. The van der Waals surface area contributed by atoms with Crippen LogP contribution in [0.15, 0.2) is 12.1 Å². The molecule has 0 aliphatic rings. The van der Waals surface area contributed by atoms with E-state index in [1.807, 2.05) is 0 Å². The number of halogens is 4. The van der Waals surface area contributed by atoms with Crippen molar-refractivity contribution in [1.29, 1.82) is 0 Å². The van der Waals surface area contributed by atoms with Crippen molar-refractivity contribution in [2.45, 2.75) is 0 Å². The molecule has 10 heteroatoms. The second-order valence-corrected chi connectivity index (χ2v) is 2.07. The van der Waals surface area contributed by atoms with E-state index in [0.717, 1.165) is 0 Å². The highest BCUT2D eigenvalue weighted by Gasteiger charge is 2.00. The lowest BCUT2D eigenvalue weighted by atomic mass is 10.2. The molecule has 0 saturated heterocycles. The van der Waals surface area contributed by atoms with E-state index in [0.29, 0.717) is 22.7 Å². The van der Waals surface area contributed by atoms with E-state index in [2.05, 4.69) is 0 Å². The van der Waals surface area contributed by atoms with Gasteiger partial charge >= 0.3 is 0 Å². The highest BCUT2D eigenvalue weighted by atomic mass is 35.5. The van der Waals surface area contributed by atoms with Crippen LogP contribution in [-0.2, 0) is 0 Å². The van der Waals surface area contributed by atoms with Crippen molar-refractivity contribution in [2.75, 3.05) is 22.9 Å². The van der Waals surface area contributed by atoms with Gasteiger partial charge in [-0.25, -0.2) is 0 Å². The highest BCUT2D eigenvalue weighted by Crippen LogP contribution is 2.27. The van der Waals surface area contributed by atoms with E-state index in [1.165, 1.54) is 0 Å². The summed E-state index contributed by atoms with van der Waals surface area (Å²) < 4.78 is 0. The van der Waals surface area contributed by atoms with Crippen molar-refractivity contribution in [3.63, 3.8) is 0 Å². The van der Waals surface area contributed by atoms with Crippen molar-refractivity contribution in [1.82, 2.24) is 0 Å². The van der Waals surface area contributed by atoms with Gasteiger partial charge in [0.25, 0.3) is 0 Å². The first-order valence-electron chi connectivity index (χ1n) is 2.82. The van der Waals surface area contributed by atoms with Gasteiger partial charge in [-0.1, -0.05) is 0 Å².